The van der Waals surface area contributed by atoms with Crippen molar-refractivity contribution in [3.63, 3.8) is 0 Å². The fourth-order valence-electron chi connectivity index (χ4n) is 1.35. The molecule has 0 bridgehead atoms. The second-order valence-corrected chi connectivity index (χ2v) is 7.08. The average molecular weight is 222 g/mol. The Balaban J connectivity index is 2.39. The highest BCUT2D eigenvalue weighted by Gasteiger charge is 2.29. The first-order chi connectivity index (χ1) is 6.07. The van der Waals surface area contributed by atoms with Crippen LogP contribution in [0.5, 0.6) is 0 Å². The largest absolute Gasteiger partial charge is 0.229 e. The highest BCUT2D eigenvalue weighted by atomic mass is 32.2. The minimum Gasteiger partial charge on any atom is -0.229 e. The van der Waals surface area contributed by atoms with E-state index in [1.165, 1.54) is 0 Å². The van der Waals surface area contributed by atoms with Crippen LogP contribution in [0, 0.1) is 5.92 Å². The lowest BCUT2D eigenvalue weighted by atomic mass is 10.4. The standard InChI is InChI=1S/C9H18O2S2/c1-3-9(12-2)7-13(10,11)6-8-4-5-8/h8-9H,3-7H2,1-2H3. The Morgan fingerprint density at radius 3 is 2.46 bits per heavy atom. The highest BCUT2D eigenvalue weighted by Crippen LogP contribution is 2.31. The Bertz CT molecular complexity index is 238. The van der Waals surface area contributed by atoms with Gasteiger partial charge in [-0.3, -0.25) is 0 Å². The van der Waals surface area contributed by atoms with Gasteiger partial charge in [-0.05, 0) is 31.4 Å². The maximum absolute atomic E-state index is 11.6. The second-order valence-electron chi connectivity index (χ2n) is 3.79. The molecular formula is C9H18O2S2. The van der Waals surface area contributed by atoms with Crippen LogP contribution in [0.15, 0.2) is 0 Å². The molecule has 1 saturated carbocycles. The van der Waals surface area contributed by atoms with Gasteiger partial charge in [-0.25, -0.2) is 8.42 Å². The number of thioether (sulfide) groups is 1. The summed E-state index contributed by atoms with van der Waals surface area (Å²) in [6.07, 6.45) is 5.18. The highest BCUT2D eigenvalue weighted by molar-refractivity contribution is 8.00. The maximum Gasteiger partial charge on any atom is 0.151 e. The molecule has 0 spiro atoms. The van der Waals surface area contributed by atoms with Gasteiger partial charge in [0.05, 0.1) is 11.5 Å². The average Bonchev–Trinajstić information content (AvgIpc) is 2.83. The first-order valence-electron chi connectivity index (χ1n) is 4.80. The molecule has 0 N–H and O–H groups in total. The summed E-state index contributed by atoms with van der Waals surface area (Å²) in [5.74, 6) is 1.30. The van der Waals surface area contributed by atoms with Gasteiger partial charge in [0.1, 0.15) is 0 Å². The van der Waals surface area contributed by atoms with E-state index in [-0.39, 0.29) is 0 Å². The molecule has 78 valence electrons. The predicted octanol–water partition coefficient (Wildman–Crippen LogP) is 1.95. The van der Waals surface area contributed by atoms with Crippen LogP contribution in [-0.2, 0) is 9.84 Å². The quantitative estimate of drug-likeness (QED) is 0.689. The van der Waals surface area contributed by atoms with Gasteiger partial charge in [-0.2, -0.15) is 11.8 Å². The Morgan fingerprint density at radius 1 is 1.46 bits per heavy atom. The van der Waals surface area contributed by atoms with Crippen molar-refractivity contribution in [2.24, 2.45) is 5.92 Å². The van der Waals surface area contributed by atoms with Crippen molar-refractivity contribution in [3.05, 3.63) is 0 Å². The Hall–Kier alpha value is 0.300. The SMILES string of the molecule is CCC(CS(=O)(=O)CC1CC1)SC. The van der Waals surface area contributed by atoms with Crippen LogP contribution >= 0.6 is 11.8 Å². The molecule has 13 heavy (non-hydrogen) atoms. The van der Waals surface area contributed by atoms with Crippen molar-refractivity contribution >= 4 is 21.6 Å². The molecular weight excluding hydrogens is 204 g/mol. The smallest absolute Gasteiger partial charge is 0.151 e. The van der Waals surface area contributed by atoms with Gasteiger partial charge in [-0.15, -0.1) is 0 Å². The monoisotopic (exact) mass is 222 g/mol. The van der Waals surface area contributed by atoms with E-state index in [2.05, 4.69) is 0 Å². The Morgan fingerprint density at radius 2 is 2.08 bits per heavy atom. The number of hydrogen-bond donors (Lipinski definition) is 0. The van der Waals surface area contributed by atoms with Crippen molar-refractivity contribution in [2.75, 3.05) is 17.8 Å². The van der Waals surface area contributed by atoms with Crippen molar-refractivity contribution < 1.29 is 8.42 Å². The molecule has 0 aromatic rings. The van der Waals surface area contributed by atoms with E-state index in [1.807, 2.05) is 13.2 Å². The summed E-state index contributed by atoms with van der Waals surface area (Å²) in [7, 11) is -2.76. The number of sulfone groups is 1. The van der Waals surface area contributed by atoms with E-state index >= 15 is 0 Å². The minimum atomic E-state index is -2.76. The van der Waals surface area contributed by atoms with E-state index in [0.717, 1.165) is 19.3 Å². The fourth-order valence-corrected chi connectivity index (χ4v) is 4.84. The van der Waals surface area contributed by atoms with Gasteiger partial charge in [0.2, 0.25) is 0 Å². The summed E-state index contributed by atoms with van der Waals surface area (Å²) in [4.78, 5) is 0. The zero-order valence-electron chi connectivity index (χ0n) is 8.32. The van der Waals surface area contributed by atoms with Crippen LogP contribution in [-0.4, -0.2) is 31.4 Å². The van der Waals surface area contributed by atoms with Gasteiger partial charge in [0.25, 0.3) is 0 Å². The van der Waals surface area contributed by atoms with Crippen molar-refractivity contribution in [2.45, 2.75) is 31.4 Å². The van der Waals surface area contributed by atoms with Crippen molar-refractivity contribution in [1.82, 2.24) is 0 Å². The van der Waals surface area contributed by atoms with Gasteiger partial charge >= 0.3 is 0 Å². The maximum atomic E-state index is 11.6. The van der Waals surface area contributed by atoms with Gasteiger partial charge in [0.15, 0.2) is 9.84 Å². The first-order valence-corrected chi connectivity index (χ1v) is 7.91. The van der Waals surface area contributed by atoms with E-state index in [1.54, 1.807) is 11.8 Å². The lowest BCUT2D eigenvalue weighted by molar-refractivity contribution is 0.590. The zero-order chi connectivity index (χ0) is 9.90. The molecule has 4 heteroatoms. The topological polar surface area (TPSA) is 34.1 Å². The Labute approximate surface area is 85.4 Å². The van der Waals surface area contributed by atoms with E-state index in [4.69, 9.17) is 0 Å². The third-order valence-corrected chi connectivity index (χ3v) is 5.68. The van der Waals surface area contributed by atoms with Crippen LogP contribution in [0.3, 0.4) is 0 Å². The molecule has 0 aliphatic heterocycles. The van der Waals surface area contributed by atoms with Gasteiger partial charge in [0, 0.05) is 5.25 Å². The van der Waals surface area contributed by atoms with Crippen LogP contribution in [0.25, 0.3) is 0 Å². The number of hydrogen-bond acceptors (Lipinski definition) is 3. The third-order valence-electron chi connectivity index (χ3n) is 2.42. The molecule has 1 fully saturated rings. The summed E-state index contributed by atoms with van der Waals surface area (Å²) < 4.78 is 23.2. The molecule has 0 aromatic carbocycles. The van der Waals surface area contributed by atoms with Crippen LogP contribution in [0.2, 0.25) is 0 Å². The second kappa shape index (κ2) is 4.69. The molecule has 1 aliphatic carbocycles. The van der Waals surface area contributed by atoms with E-state index in [9.17, 15) is 8.42 Å². The summed E-state index contributed by atoms with van der Waals surface area (Å²) in [5, 5.41) is 0.295. The summed E-state index contributed by atoms with van der Waals surface area (Å²) in [5.41, 5.74) is 0. The lowest BCUT2D eigenvalue weighted by Gasteiger charge is -2.11. The Kier molecular flexibility index (Phi) is 4.10. The lowest BCUT2D eigenvalue weighted by Crippen LogP contribution is -2.21. The van der Waals surface area contributed by atoms with Gasteiger partial charge in [-0.1, -0.05) is 6.92 Å². The summed E-state index contributed by atoms with van der Waals surface area (Å²) in [6.45, 7) is 2.05. The van der Waals surface area contributed by atoms with Crippen molar-refractivity contribution in [1.29, 1.82) is 0 Å². The zero-order valence-corrected chi connectivity index (χ0v) is 9.96. The molecule has 0 saturated heterocycles. The van der Waals surface area contributed by atoms with E-state index in [0.29, 0.717) is 22.7 Å². The molecule has 0 amide bonds. The first kappa shape index (κ1) is 11.4. The third kappa shape index (κ3) is 4.36. The van der Waals surface area contributed by atoms with Crippen molar-refractivity contribution in [3.8, 4) is 0 Å². The van der Waals surface area contributed by atoms with Crippen LogP contribution < -0.4 is 0 Å². The molecule has 0 aromatic heterocycles. The normalized spacial score (nSPS) is 20.2. The predicted molar refractivity (Wildman–Crippen MR) is 59.0 cm³/mol. The van der Waals surface area contributed by atoms with E-state index < -0.39 is 9.84 Å². The minimum absolute atomic E-state index is 0.295. The summed E-state index contributed by atoms with van der Waals surface area (Å²) in [6, 6.07) is 0. The molecule has 0 radical (unpaired) electrons. The number of rotatable bonds is 6. The molecule has 1 aliphatic rings. The molecule has 1 unspecified atom stereocenters. The molecule has 1 rings (SSSR count). The fraction of sp³-hybridized carbons (Fsp3) is 1.00. The van der Waals surface area contributed by atoms with Crippen LogP contribution in [0.1, 0.15) is 26.2 Å². The van der Waals surface area contributed by atoms with Gasteiger partial charge < -0.3 is 0 Å². The summed E-state index contributed by atoms with van der Waals surface area (Å²) >= 11 is 1.67. The molecule has 0 heterocycles. The molecule has 1 atom stereocenters. The van der Waals surface area contributed by atoms with Crippen LogP contribution in [0.4, 0.5) is 0 Å². The molecule has 2 nitrogen and oxygen atoms in total.